The number of hydrogen-bond donors (Lipinski definition) is 0. The Balaban J connectivity index is 1.04. The second-order valence-corrected chi connectivity index (χ2v) is 19.4. The Kier molecular flexibility index (Phi) is 8.56. The summed E-state index contributed by atoms with van der Waals surface area (Å²) in [7, 11) is 0. The minimum Gasteiger partial charge on any atom is -0.310 e. The van der Waals surface area contributed by atoms with E-state index in [2.05, 4.69) is 278 Å². The first-order chi connectivity index (χ1) is 35.2. The van der Waals surface area contributed by atoms with Crippen LogP contribution in [0.2, 0.25) is 0 Å². The first-order valence-electron chi connectivity index (χ1n) is 24.8. The molecule has 3 aliphatic carbocycles. The van der Waals surface area contributed by atoms with Crippen molar-refractivity contribution >= 4 is 38.6 Å². The monoisotopic (exact) mass is 899 g/mol. The van der Waals surface area contributed by atoms with E-state index >= 15 is 0 Å². The normalized spacial score (nSPS) is 15.2. The molecule has 0 fully saturated rings. The van der Waals surface area contributed by atoms with Crippen molar-refractivity contribution in [1.82, 2.24) is 0 Å². The highest BCUT2D eigenvalue weighted by atomic mass is 15.1. The quantitative estimate of drug-likeness (QED) is 0.161. The van der Waals surface area contributed by atoms with Gasteiger partial charge in [-0.25, -0.2) is 0 Å². The van der Waals surface area contributed by atoms with Crippen molar-refractivity contribution < 1.29 is 0 Å². The van der Waals surface area contributed by atoms with E-state index in [1.165, 1.54) is 111 Å². The van der Waals surface area contributed by atoms with Gasteiger partial charge in [-0.05, 0) is 136 Å². The van der Waals surface area contributed by atoms with Gasteiger partial charge in [-0.15, -0.1) is 0 Å². The van der Waals surface area contributed by atoms with E-state index in [9.17, 15) is 0 Å². The summed E-state index contributed by atoms with van der Waals surface area (Å²) < 4.78 is 0. The van der Waals surface area contributed by atoms with Gasteiger partial charge in [0.25, 0.3) is 0 Å². The Bertz CT molecular complexity index is 4060. The predicted octanol–water partition coefficient (Wildman–Crippen LogP) is 17.8. The van der Waals surface area contributed by atoms with E-state index in [4.69, 9.17) is 0 Å². The molecule has 1 heteroatoms. The number of hydrogen-bond acceptors (Lipinski definition) is 1. The maximum atomic E-state index is 2.55. The van der Waals surface area contributed by atoms with Crippen molar-refractivity contribution in [2.24, 2.45) is 0 Å². The summed E-state index contributed by atoms with van der Waals surface area (Å²) in [5.41, 5.74) is 22.8. The number of fused-ring (bicyclic) bond motifs is 13. The van der Waals surface area contributed by atoms with Crippen LogP contribution in [0.5, 0.6) is 0 Å². The van der Waals surface area contributed by atoms with Crippen LogP contribution in [0.4, 0.5) is 17.1 Å². The topological polar surface area (TPSA) is 3.24 Å². The largest absolute Gasteiger partial charge is 0.310 e. The first-order valence-corrected chi connectivity index (χ1v) is 24.8. The fourth-order valence-corrected chi connectivity index (χ4v) is 13.4. The summed E-state index contributed by atoms with van der Waals surface area (Å²) in [6.07, 6.45) is 0. The summed E-state index contributed by atoms with van der Waals surface area (Å²) in [6.45, 7) is 0. The lowest BCUT2D eigenvalue weighted by Crippen LogP contribution is -2.32. The summed E-state index contributed by atoms with van der Waals surface area (Å²) >= 11 is 0. The summed E-state index contributed by atoms with van der Waals surface area (Å²) in [5, 5.41) is 4.99. The zero-order chi connectivity index (χ0) is 46.7. The Labute approximate surface area is 414 Å². The molecular weight excluding hydrogens is 855 g/mol. The van der Waals surface area contributed by atoms with Crippen molar-refractivity contribution in [3.8, 4) is 44.5 Å². The third-order valence-electron chi connectivity index (χ3n) is 16.1. The summed E-state index contributed by atoms with van der Waals surface area (Å²) in [5.74, 6) is 0. The molecule has 0 N–H and O–H groups in total. The number of nitrogens with zero attached hydrogens (tertiary/aromatic N) is 1. The van der Waals surface area contributed by atoms with Crippen LogP contribution in [0.1, 0.15) is 44.5 Å². The molecular formula is C70H45N. The SMILES string of the molecule is c1ccc(-c2cccc3c2-c2ccc(N(c4ccc5c(c4)-c4ccccc4C5(c4ccccc4)c4ccccc4)c4cccc5ccccc45)cc2C32c3ccccc3-c3cccc4cccc2c34)cc1. The lowest BCUT2D eigenvalue weighted by atomic mass is 9.61. The van der Waals surface area contributed by atoms with Gasteiger partial charge in [0.15, 0.2) is 0 Å². The van der Waals surface area contributed by atoms with Crippen LogP contribution in [-0.2, 0) is 10.8 Å². The smallest absolute Gasteiger partial charge is 0.0726 e. The maximum Gasteiger partial charge on any atom is 0.0726 e. The minimum absolute atomic E-state index is 0.495. The van der Waals surface area contributed by atoms with Crippen molar-refractivity contribution in [3.05, 3.63) is 317 Å². The highest BCUT2D eigenvalue weighted by molar-refractivity contribution is 6.09. The van der Waals surface area contributed by atoms with Crippen molar-refractivity contribution in [2.45, 2.75) is 10.8 Å². The highest BCUT2D eigenvalue weighted by Gasteiger charge is 2.51. The molecule has 12 aromatic rings. The van der Waals surface area contributed by atoms with Gasteiger partial charge in [0.05, 0.1) is 16.5 Å². The van der Waals surface area contributed by atoms with Crippen LogP contribution in [0.3, 0.4) is 0 Å². The molecule has 12 aromatic carbocycles. The molecule has 0 saturated heterocycles. The maximum absolute atomic E-state index is 2.55. The second-order valence-electron chi connectivity index (χ2n) is 19.4. The minimum atomic E-state index is -0.609. The predicted molar refractivity (Wildman–Crippen MR) is 295 cm³/mol. The molecule has 0 aromatic heterocycles. The fraction of sp³-hybridized carbons (Fsp3) is 0.0286. The number of benzene rings is 12. The van der Waals surface area contributed by atoms with Crippen molar-refractivity contribution in [2.75, 3.05) is 4.90 Å². The van der Waals surface area contributed by atoms with Crippen LogP contribution in [0.15, 0.2) is 273 Å². The second kappa shape index (κ2) is 15.2. The van der Waals surface area contributed by atoms with Gasteiger partial charge in [-0.1, -0.05) is 243 Å². The van der Waals surface area contributed by atoms with Crippen LogP contribution in [0, 0.1) is 0 Å². The number of rotatable bonds is 6. The van der Waals surface area contributed by atoms with Gasteiger partial charge >= 0.3 is 0 Å². The highest BCUT2D eigenvalue weighted by Crippen LogP contribution is 2.64. The van der Waals surface area contributed by atoms with E-state index in [1.54, 1.807) is 0 Å². The molecule has 71 heavy (non-hydrogen) atoms. The van der Waals surface area contributed by atoms with Crippen molar-refractivity contribution in [1.29, 1.82) is 0 Å². The Hall–Kier alpha value is -9.04. The molecule has 0 aliphatic heterocycles. The molecule has 3 aliphatic rings. The first kappa shape index (κ1) is 39.9. The average molecular weight is 900 g/mol. The molecule has 0 saturated carbocycles. The molecule has 1 spiro atoms. The molecule has 0 amide bonds. The van der Waals surface area contributed by atoms with Gasteiger partial charge in [0, 0.05) is 16.8 Å². The molecule has 0 heterocycles. The molecule has 15 rings (SSSR count). The molecule has 1 atom stereocenters. The van der Waals surface area contributed by atoms with Crippen LogP contribution < -0.4 is 4.90 Å². The molecule has 1 unspecified atom stereocenters. The lowest BCUT2D eigenvalue weighted by Gasteiger charge is -2.40. The lowest BCUT2D eigenvalue weighted by molar-refractivity contribution is 0.768. The van der Waals surface area contributed by atoms with E-state index in [0.717, 1.165) is 17.1 Å². The molecule has 330 valence electrons. The molecule has 1 nitrogen and oxygen atoms in total. The van der Waals surface area contributed by atoms with E-state index in [-0.39, 0.29) is 0 Å². The Morgan fingerprint density at radius 2 is 0.775 bits per heavy atom. The summed E-state index contributed by atoms with van der Waals surface area (Å²) in [6, 6.07) is 103. The van der Waals surface area contributed by atoms with E-state index < -0.39 is 10.8 Å². The number of anilines is 3. The third kappa shape index (κ3) is 5.41. The van der Waals surface area contributed by atoms with Gasteiger partial charge in [-0.3, -0.25) is 0 Å². The zero-order valence-electron chi connectivity index (χ0n) is 38.9. The molecule has 0 bridgehead atoms. The van der Waals surface area contributed by atoms with Gasteiger partial charge in [0.2, 0.25) is 0 Å². The van der Waals surface area contributed by atoms with Crippen LogP contribution in [-0.4, -0.2) is 0 Å². The van der Waals surface area contributed by atoms with Gasteiger partial charge in [0.1, 0.15) is 0 Å². The Morgan fingerprint density at radius 1 is 0.268 bits per heavy atom. The van der Waals surface area contributed by atoms with Gasteiger partial charge in [-0.2, -0.15) is 0 Å². The molecule has 0 radical (unpaired) electrons. The van der Waals surface area contributed by atoms with E-state index in [0.29, 0.717) is 0 Å². The average Bonchev–Trinajstić information content (AvgIpc) is 3.91. The Morgan fingerprint density at radius 3 is 1.55 bits per heavy atom. The zero-order valence-corrected chi connectivity index (χ0v) is 38.9. The third-order valence-corrected chi connectivity index (χ3v) is 16.1. The van der Waals surface area contributed by atoms with Crippen LogP contribution >= 0.6 is 0 Å². The van der Waals surface area contributed by atoms with Crippen molar-refractivity contribution in [3.63, 3.8) is 0 Å². The standard InChI is InChI=1S/C70H45N/c1-4-20-47(21-5-1)54-33-19-38-64-68(54)58-42-40-52(45-65(58)70(64)61-36-15-12-31-55(61)57-34-16-24-48-25-17-37-63(70)67(48)57)71(66-39-18-23-46-22-10-11-30-53(46)66)51-41-43-62-59(44-51)56-32-13-14-35-60(56)69(62,49-26-6-2-7-27-49)50-28-8-3-9-29-50/h1-45H. The summed E-state index contributed by atoms with van der Waals surface area (Å²) in [4.78, 5) is 2.54. The fourth-order valence-electron chi connectivity index (χ4n) is 13.4. The van der Waals surface area contributed by atoms with E-state index in [1.807, 2.05) is 0 Å². The van der Waals surface area contributed by atoms with Crippen LogP contribution in [0.25, 0.3) is 66.1 Å². The van der Waals surface area contributed by atoms with Gasteiger partial charge < -0.3 is 4.90 Å².